The lowest BCUT2D eigenvalue weighted by atomic mass is 10.2. The second-order valence-electron chi connectivity index (χ2n) is 2.17. The van der Waals surface area contributed by atoms with E-state index in [4.69, 9.17) is 11.6 Å². The number of rotatable bonds is 5. The Labute approximate surface area is 73.5 Å². The van der Waals surface area contributed by atoms with Crippen molar-refractivity contribution in [3.05, 3.63) is 0 Å². The molecule has 0 aliphatic heterocycles. The van der Waals surface area contributed by atoms with E-state index in [0.29, 0.717) is 6.42 Å². The molecule has 0 rings (SSSR count). The van der Waals surface area contributed by atoms with E-state index in [1.54, 1.807) is 0 Å². The molecule has 0 saturated heterocycles. The molecule has 0 bridgehead atoms. The average molecular weight is 185 g/mol. The standard InChI is InChI=1S/C7H13ClO.ClH/c1-2-3-4-5-6-7(8)9;/h2-6H2,1H3;1H. The van der Waals surface area contributed by atoms with Crippen molar-refractivity contribution in [2.45, 2.75) is 39.0 Å². The van der Waals surface area contributed by atoms with Crippen LogP contribution in [0.4, 0.5) is 0 Å². The highest BCUT2D eigenvalue weighted by Gasteiger charge is 1.93. The van der Waals surface area contributed by atoms with Crippen LogP contribution >= 0.6 is 24.0 Å². The summed E-state index contributed by atoms with van der Waals surface area (Å²) in [6.45, 7) is 2.14. The molecule has 0 radical (unpaired) electrons. The Morgan fingerprint density at radius 3 is 2.30 bits per heavy atom. The zero-order chi connectivity index (χ0) is 7.11. The van der Waals surface area contributed by atoms with Gasteiger partial charge in [-0.15, -0.1) is 12.4 Å². The van der Waals surface area contributed by atoms with E-state index in [9.17, 15) is 4.79 Å². The number of carbonyl (C=O) groups excluding carboxylic acids is 1. The number of unbranched alkanes of at least 4 members (excludes halogenated alkanes) is 3. The van der Waals surface area contributed by atoms with Crippen molar-refractivity contribution < 1.29 is 4.79 Å². The van der Waals surface area contributed by atoms with Gasteiger partial charge in [-0.3, -0.25) is 4.79 Å². The van der Waals surface area contributed by atoms with Gasteiger partial charge in [-0.1, -0.05) is 26.2 Å². The Balaban J connectivity index is 0. The fourth-order valence-electron chi connectivity index (χ4n) is 0.691. The fourth-order valence-corrected chi connectivity index (χ4v) is 0.824. The monoisotopic (exact) mass is 184 g/mol. The molecule has 0 aromatic heterocycles. The van der Waals surface area contributed by atoms with E-state index in [-0.39, 0.29) is 17.6 Å². The van der Waals surface area contributed by atoms with E-state index >= 15 is 0 Å². The summed E-state index contributed by atoms with van der Waals surface area (Å²) in [6, 6.07) is 0. The Hall–Kier alpha value is 0.250. The molecule has 0 aromatic rings. The predicted molar refractivity (Wildman–Crippen MR) is 46.9 cm³/mol. The van der Waals surface area contributed by atoms with Crippen molar-refractivity contribution >= 4 is 29.3 Å². The molecule has 0 atom stereocenters. The molecule has 0 amide bonds. The lowest BCUT2D eigenvalue weighted by Crippen LogP contribution is -1.84. The summed E-state index contributed by atoms with van der Waals surface area (Å²) in [5, 5.41) is -0.203. The van der Waals surface area contributed by atoms with E-state index in [0.717, 1.165) is 12.8 Å². The van der Waals surface area contributed by atoms with Crippen molar-refractivity contribution in [3.63, 3.8) is 0 Å². The summed E-state index contributed by atoms with van der Waals surface area (Å²) in [5.74, 6) is 0. The predicted octanol–water partition coefficient (Wildman–Crippen LogP) is 3.14. The molecule has 0 aromatic carbocycles. The second kappa shape index (κ2) is 9.25. The minimum absolute atomic E-state index is 0. The lowest BCUT2D eigenvalue weighted by Gasteiger charge is -1.92. The zero-order valence-corrected chi connectivity index (χ0v) is 7.80. The summed E-state index contributed by atoms with van der Waals surface area (Å²) in [7, 11) is 0. The number of carbonyl (C=O) groups is 1. The van der Waals surface area contributed by atoms with Gasteiger partial charge in [0.05, 0.1) is 0 Å². The van der Waals surface area contributed by atoms with Gasteiger partial charge in [-0.2, -0.15) is 0 Å². The van der Waals surface area contributed by atoms with Crippen LogP contribution in [-0.2, 0) is 4.79 Å². The van der Waals surface area contributed by atoms with Gasteiger partial charge in [0.15, 0.2) is 0 Å². The van der Waals surface area contributed by atoms with Gasteiger partial charge in [-0.05, 0) is 18.0 Å². The maximum Gasteiger partial charge on any atom is 0.221 e. The summed E-state index contributed by atoms with van der Waals surface area (Å²) < 4.78 is 0. The first-order chi connectivity index (χ1) is 4.27. The van der Waals surface area contributed by atoms with Crippen LogP contribution in [0.15, 0.2) is 0 Å². The van der Waals surface area contributed by atoms with Crippen LogP contribution in [0.1, 0.15) is 39.0 Å². The largest absolute Gasteiger partial charge is 0.281 e. The molecule has 0 spiro atoms. The Kier molecular flexibility index (Phi) is 11.9. The van der Waals surface area contributed by atoms with E-state index in [1.165, 1.54) is 12.8 Å². The maximum atomic E-state index is 10.2. The smallest absolute Gasteiger partial charge is 0.221 e. The molecule has 0 saturated carbocycles. The summed E-state index contributed by atoms with van der Waals surface area (Å²) >= 11 is 5.12. The van der Waals surface area contributed by atoms with Gasteiger partial charge in [-0.25, -0.2) is 0 Å². The first-order valence-corrected chi connectivity index (χ1v) is 3.83. The maximum absolute atomic E-state index is 10.2. The topological polar surface area (TPSA) is 17.1 Å². The molecule has 3 heteroatoms. The molecule has 0 fully saturated rings. The van der Waals surface area contributed by atoms with E-state index < -0.39 is 0 Å². The van der Waals surface area contributed by atoms with Crippen LogP contribution < -0.4 is 0 Å². The van der Waals surface area contributed by atoms with Crippen molar-refractivity contribution in [3.8, 4) is 0 Å². The van der Waals surface area contributed by atoms with Crippen molar-refractivity contribution in [2.75, 3.05) is 0 Å². The van der Waals surface area contributed by atoms with Crippen molar-refractivity contribution in [1.82, 2.24) is 0 Å². The van der Waals surface area contributed by atoms with Crippen LogP contribution in [0.2, 0.25) is 0 Å². The summed E-state index contributed by atoms with van der Waals surface area (Å²) in [4.78, 5) is 10.2. The van der Waals surface area contributed by atoms with Crippen LogP contribution in [-0.4, -0.2) is 5.24 Å². The third kappa shape index (κ3) is 11.1. The molecule has 0 aliphatic rings. The average Bonchev–Trinajstić information content (AvgIpc) is 1.80. The van der Waals surface area contributed by atoms with Crippen LogP contribution in [0.3, 0.4) is 0 Å². The fraction of sp³-hybridized carbons (Fsp3) is 0.857. The Morgan fingerprint density at radius 1 is 1.30 bits per heavy atom. The molecule has 0 N–H and O–H groups in total. The van der Waals surface area contributed by atoms with Gasteiger partial charge in [0.25, 0.3) is 0 Å². The molecule has 1 nitrogen and oxygen atoms in total. The van der Waals surface area contributed by atoms with E-state index in [1.807, 2.05) is 0 Å². The molecular weight excluding hydrogens is 171 g/mol. The highest BCUT2D eigenvalue weighted by Crippen LogP contribution is 2.03. The molecule has 0 aliphatic carbocycles. The second-order valence-corrected chi connectivity index (χ2v) is 2.59. The highest BCUT2D eigenvalue weighted by atomic mass is 35.5. The number of halogens is 2. The lowest BCUT2D eigenvalue weighted by molar-refractivity contribution is -0.111. The normalized spacial score (nSPS) is 8.60. The Morgan fingerprint density at radius 2 is 1.90 bits per heavy atom. The number of hydrogen-bond donors (Lipinski definition) is 0. The molecule has 10 heavy (non-hydrogen) atoms. The van der Waals surface area contributed by atoms with Gasteiger partial charge >= 0.3 is 0 Å². The highest BCUT2D eigenvalue weighted by molar-refractivity contribution is 6.63. The molecular formula is C7H14Cl2O. The van der Waals surface area contributed by atoms with E-state index in [2.05, 4.69) is 6.92 Å². The van der Waals surface area contributed by atoms with Gasteiger partial charge < -0.3 is 0 Å². The number of hydrogen-bond acceptors (Lipinski definition) is 1. The first kappa shape index (κ1) is 12.9. The Bertz CT molecular complexity index is 83.7. The van der Waals surface area contributed by atoms with Gasteiger partial charge in [0.2, 0.25) is 5.24 Å². The van der Waals surface area contributed by atoms with Gasteiger partial charge in [0, 0.05) is 6.42 Å². The molecule has 62 valence electrons. The quantitative estimate of drug-likeness (QED) is 0.475. The third-order valence-electron chi connectivity index (χ3n) is 1.23. The molecule has 0 heterocycles. The minimum atomic E-state index is -0.203. The third-order valence-corrected chi connectivity index (χ3v) is 1.42. The van der Waals surface area contributed by atoms with Crippen molar-refractivity contribution in [1.29, 1.82) is 0 Å². The van der Waals surface area contributed by atoms with Crippen LogP contribution in [0, 0.1) is 0 Å². The summed E-state index contributed by atoms with van der Waals surface area (Å²) in [5.41, 5.74) is 0. The van der Waals surface area contributed by atoms with Gasteiger partial charge in [0.1, 0.15) is 0 Å². The van der Waals surface area contributed by atoms with Crippen molar-refractivity contribution in [2.24, 2.45) is 0 Å². The first-order valence-electron chi connectivity index (χ1n) is 3.45. The summed E-state index contributed by atoms with van der Waals surface area (Å²) in [6.07, 6.45) is 5.05. The minimum Gasteiger partial charge on any atom is -0.281 e. The van der Waals surface area contributed by atoms with Crippen LogP contribution in [0.5, 0.6) is 0 Å². The SMILES string of the molecule is CCCCCCC(=O)Cl.Cl. The molecule has 0 unspecified atom stereocenters. The van der Waals surface area contributed by atoms with Crippen LogP contribution in [0.25, 0.3) is 0 Å². The zero-order valence-electron chi connectivity index (χ0n) is 6.23.